The van der Waals surface area contributed by atoms with Gasteiger partial charge in [-0.15, -0.1) is 0 Å². The molecule has 1 aromatic heterocycles. The summed E-state index contributed by atoms with van der Waals surface area (Å²) in [5.41, 5.74) is 1.64. The van der Waals surface area contributed by atoms with Crippen LogP contribution in [0.5, 0.6) is 17.4 Å². The maximum Gasteiger partial charge on any atom is 0.220 e. The quantitative estimate of drug-likeness (QED) is 0.852. The Morgan fingerprint density at radius 2 is 1.75 bits per heavy atom. The molecule has 0 radical (unpaired) electrons. The smallest absolute Gasteiger partial charge is 0.220 e. The largest absolute Gasteiger partial charge is 0.493 e. The summed E-state index contributed by atoms with van der Waals surface area (Å²) in [5, 5.41) is 17.8. The van der Waals surface area contributed by atoms with Crippen LogP contribution in [0.2, 0.25) is 0 Å². The lowest BCUT2D eigenvalue weighted by atomic mass is 10.2. The Kier molecular flexibility index (Phi) is 3.83. The molecule has 2 rings (SSSR count). The molecular weight excluding hydrogens is 254 g/mol. The van der Waals surface area contributed by atoms with Crippen LogP contribution < -0.4 is 9.47 Å². The number of nitriles is 2. The van der Waals surface area contributed by atoms with Gasteiger partial charge in [-0.3, -0.25) is 0 Å². The molecule has 1 heterocycles. The SMILES string of the molecule is COc1cc(C#N)ccc1Oc1cc(C#N)cc(C)n1. The van der Waals surface area contributed by atoms with E-state index in [0.29, 0.717) is 34.2 Å². The van der Waals surface area contributed by atoms with E-state index in [1.165, 1.54) is 7.11 Å². The summed E-state index contributed by atoms with van der Waals surface area (Å²) in [5.74, 6) is 1.18. The first-order valence-corrected chi connectivity index (χ1v) is 5.81. The minimum Gasteiger partial charge on any atom is -0.493 e. The molecule has 0 atom stereocenters. The number of nitrogens with zero attached hydrogens (tertiary/aromatic N) is 3. The lowest BCUT2D eigenvalue weighted by molar-refractivity contribution is 0.373. The normalized spacial score (nSPS) is 9.40. The minimum absolute atomic E-state index is 0.310. The Balaban J connectivity index is 2.38. The fraction of sp³-hybridized carbons (Fsp3) is 0.133. The highest BCUT2D eigenvalue weighted by atomic mass is 16.5. The summed E-state index contributed by atoms with van der Waals surface area (Å²) >= 11 is 0. The van der Waals surface area contributed by atoms with E-state index in [1.807, 2.05) is 12.1 Å². The lowest BCUT2D eigenvalue weighted by Crippen LogP contribution is -1.95. The van der Waals surface area contributed by atoms with Crippen LogP contribution in [0.4, 0.5) is 0 Å². The molecule has 5 heteroatoms. The predicted octanol–water partition coefficient (Wildman–Crippen LogP) is 2.93. The van der Waals surface area contributed by atoms with Crippen molar-refractivity contribution in [3.63, 3.8) is 0 Å². The van der Waals surface area contributed by atoms with Gasteiger partial charge in [0.2, 0.25) is 5.88 Å². The van der Waals surface area contributed by atoms with Crippen molar-refractivity contribution >= 4 is 0 Å². The van der Waals surface area contributed by atoms with Crippen molar-refractivity contribution < 1.29 is 9.47 Å². The van der Waals surface area contributed by atoms with Gasteiger partial charge in [0.15, 0.2) is 11.5 Å². The molecule has 0 spiro atoms. The van der Waals surface area contributed by atoms with E-state index in [1.54, 1.807) is 37.3 Å². The second-order valence-corrected chi connectivity index (χ2v) is 4.03. The van der Waals surface area contributed by atoms with Gasteiger partial charge in [-0.1, -0.05) is 0 Å². The van der Waals surface area contributed by atoms with Gasteiger partial charge in [0.05, 0.1) is 30.4 Å². The summed E-state index contributed by atoms with van der Waals surface area (Å²) in [7, 11) is 1.49. The third-order valence-electron chi connectivity index (χ3n) is 2.57. The maximum absolute atomic E-state index is 8.93. The Morgan fingerprint density at radius 1 is 1.00 bits per heavy atom. The molecule has 5 nitrogen and oxygen atoms in total. The fourth-order valence-corrected chi connectivity index (χ4v) is 1.69. The first-order chi connectivity index (χ1) is 9.66. The van der Waals surface area contributed by atoms with Gasteiger partial charge in [0, 0.05) is 17.8 Å². The highest BCUT2D eigenvalue weighted by Gasteiger charge is 2.09. The van der Waals surface area contributed by atoms with Crippen molar-refractivity contribution in [1.29, 1.82) is 10.5 Å². The zero-order valence-corrected chi connectivity index (χ0v) is 11.0. The number of methoxy groups -OCH3 is 1. The molecule has 0 amide bonds. The zero-order valence-electron chi connectivity index (χ0n) is 11.0. The van der Waals surface area contributed by atoms with Gasteiger partial charge < -0.3 is 9.47 Å². The Bertz CT molecular complexity index is 727. The first kappa shape index (κ1) is 13.4. The summed E-state index contributed by atoms with van der Waals surface area (Å²) < 4.78 is 10.8. The molecule has 0 unspecified atom stereocenters. The van der Waals surface area contributed by atoms with Crippen molar-refractivity contribution in [2.75, 3.05) is 7.11 Å². The highest BCUT2D eigenvalue weighted by molar-refractivity contribution is 5.48. The number of rotatable bonds is 3. The molecule has 1 aromatic carbocycles. The fourth-order valence-electron chi connectivity index (χ4n) is 1.69. The highest BCUT2D eigenvalue weighted by Crippen LogP contribution is 2.31. The third kappa shape index (κ3) is 2.85. The van der Waals surface area contributed by atoms with Gasteiger partial charge in [-0.2, -0.15) is 10.5 Å². The van der Waals surface area contributed by atoms with Gasteiger partial charge in [-0.25, -0.2) is 4.98 Å². The zero-order chi connectivity index (χ0) is 14.5. The van der Waals surface area contributed by atoms with Crippen LogP contribution in [0.15, 0.2) is 30.3 Å². The van der Waals surface area contributed by atoms with E-state index in [-0.39, 0.29) is 0 Å². The Hall–Kier alpha value is -3.05. The number of aromatic nitrogens is 1. The number of hydrogen-bond acceptors (Lipinski definition) is 5. The van der Waals surface area contributed by atoms with Crippen LogP contribution in [0.25, 0.3) is 0 Å². The molecule has 0 aliphatic carbocycles. The van der Waals surface area contributed by atoms with Crippen LogP contribution in [-0.4, -0.2) is 12.1 Å². The van der Waals surface area contributed by atoms with Crippen molar-refractivity contribution in [2.24, 2.45) is 0 Å². The number of benzene rings is 1. The molecule has 0 bridgehead atoms. The second-order valence-electron chi connectivity index (χ2n) is 4.03. The predicted molar refractivity (Wildman–Crippen MR) is 71.5 cm³/mol. The van der Waals surface area contributed by atoms with Gasteiger partial charge >= 0.3 is 0 Å². The average molecular weight is 265 g/mol. The molecule has 0 aliphatic heterocycles. The summed E-state index contributed by atoms with van der Waals surface area (Å²) in [6, 6.07) is 12.1. The number of ether oxygens (including phenoxy) is 2. The average Bonchev–Trinajstić information content (AvgIpc) is 2.47. The third-order valence-corrected chi connectivity index (χ3v) is 2.57. The van der Waals surface area contributed by atoms with Crippen molar-refractivity contribution in [3.8, 4) is 29.5 Å². The van der Waals surface area contributed by atoms with Crippen molar-refractivity contribution in [1.82, 2.24) is 4.98 Å². The van der Waals surface area contributed by atoms with Crippen molar-refractivity contribution in [2.45, 2.75) is 6.92 Å². The summed E-state index contributed by atoms with van der Waals surface area (Å²) in [4.78, 5) is 4.20. The van der Waals surface area contributed by atoms with E-state index < -0.39 is 0 Å². The lowest BCUT2D eigenvalue weighted by Gasteiger charge is -2.10. The molecule has 0 saturated carbocycles. The first-order valence-electron chi connectivity index (χ1n) is 5.81. The molecule has 0 aliphatic rings. The van der Waals surface area contributed by atoms with Gasteiger partial charge in [0.25, 0.3) is 0 Å². The number of pyridine rings is 1. The molecule has 2 aromatic rings. The van der Waals surface area contributed by atoms with Crippen molar-refractivity contribution in [3.05, 3.63) is 47.2 Å². The Morgan fingerprint density at radius 3 is 2.40 bits per heavy atom. The Labute approximate surface area is 116 Å². The molecular formula is C15H11N3O2. The monoisotopic (exact) mass is 265 g/mol. The molecule has 98 valence electrons. The van der Waals surface area contributed by atoms with E-state index in [0.717, 1.165) is 0 Å². The van der Waals surface area contributed by atoms with Crippen LogP contribution in [0.3, 0.4) is 0 Å². The summed E-state index contributed by atoms with van der Waals surface area (Å²) in [6.45, 7) is 1.78. The van der Waals surface area contributed by atoms with E-state index >= 15 is 0 Å². The summed E-state index contributed by atoms with van der Waals surface area (Å²) in [6.07, 6.45) is 0. The molecule has 0 N–H and O–H groups in total. The second kappa shape index (κ2) is 5.73. The minimum atomic E-state index is 0.310. The van der Waals surface area contributed by atoms with E-state index in [2.05, 4.69) is 4.98 Å². The van der Waals surface area contributed by atoms with Gasteiger partial charge in [-0.05, 0) is 25.1 Å². The maximum atomic E-state index is 8.93. The molecule has 0 fully saturated rings. The number of aryl methyl sites for hydroxylation is 1. The van der Waals surface area contributed by atoms with E-state index in [4.69, 9.17) is 20.0 Å². The van der Waals surface area contributed by atoms with Crippen LogP contribution in [-0.2, 0) is 0 Å². The van der Waals surface area contributed by atoms with Gasteiger partial charge in [0.1, 0.15) is 0 Å². The van der Waals surface area contributed by atoms with Crippen LogP contribution >= 0.6 is 0 Å². The topological polar surface area (TPSA) is 78.9 Å². The number of hydrogen-bond donors (Lipinski definition) is 0. The molecule has 0 saturated heterocycles. The van der Waals surface area contributed by atoms with Crippen LogP contribution in [0.1, 0.15) is 16.8 Å². The molecule has 20 heavy (non-hydrogen) atoms. The standard InChI is InChI=1S/C15H11N3O2/c1-10-5-12(9-17)7-15(18-10)20-13-4-3-11(8-16)6-14(13)19-2/h3-7H,1-2H3. The van der Waals surface area contributed by atoms with Crippen LogP contribution in [0, 0.1) is 29.6 Å². The van der Waals surface area contributed by atoms with E-state index in [9.17, 15) is 0 Å².